The zero-order valence-corrected chi connectivity index (χ0v) is 17.8. The van der Waals surface area contributed by atoms with Gasteiger partial charge in [-0.25, -0.2) is 0 Å². The molecule has 1 amide bonds. The molecule has 0 radical (unpaired) electrons. The van der Waals surface area contributed by atoms with Gasteiger partial charge in [0.05, 0.1) is 13.7 Å². The molecule has 0 bridgehead atoms. The summed E-state index contributed by atoms with van der Waals surface area (Å²) in [6.45, 7) is 10.4. The Labute approximate surface area is 167 Å². The number of esters is 1. The molecule has 0 saturated heterocycles. The maximum atomic E-state index is 12.5. The summed E-state index contributed by atoms with van der Waals surface area (Å²) in [7, 11) is 1.59. The number of carbonyl (C=O) groups is 2. The van der Waals surface area contributed by atoms with E-state index >= 15 is 0 Å². The van der Waals surface area contributed by atoms with Crippen molar-refractivity contribution in [3.63, 3.8) is 0 Å². The summed E-state index contributed by atoms with van der Waals surface area (Å²) >= 11 is 0. The highest BCUT2D eigenvalue weighted by molar-refractivity contribution is 5.76. The summed E-state index contributed by atoms with van der Waals surface area (Å²) in [5, 5.41) is 3.27. The van der Waals surface area contributed by atoms with Gasteiger partial charge in [0.2, 0.25) is 5.91 Å². The van der Waals surface area contributed by atoms with Crippen LogP contribution in [-0.2, 0) is 20.9 Å². The van der Waals surface area contributed by atoms with Crippen LogP contribution in [0.2, 0.25) is 0 Å². The predicted molar refractivity (Wildman–Crippen MR) is 108 cm³/mol. The van der Waals surface area contributed by atoms with E-state index < -0.39 is 11.6 Å². The fraction of sp³-hybridized carbons (Fsp3) is 0.619. The number of nitrogens with two attached hydrogens (primary N) is 1. The van der Waals surface area contributed by atoms with Crippen LogP contribution in [0.25, 0.3) is 0 Å². The number of amides is 1. The summed E-state index contributed by atoms with van der Waals surface area (Å²) < 4.78 is 16.6. The van der Waals surface area contributed by atoms with Crippen LogP contribution in [0.5, 0.6) is 11.5 Å². The maximum absolute atomic E-state index is 12.5. The summed E-state index contributed by atoms with van der Waals surface area (Å²) in [6, 6.07) is 5.09. The van der Waals surface area contributed by atoms with E-state index in [1.54, 1.807) is 13.2 Å². The molecule has 0 aliphatic heterocycles. The molecule has 0 spiro atoms. The normalized spacial score (nSPS) is 12.5. The maximum Gasteiger partial charge on any atom is 0.323 e. The molecule has 0 heterocycles. The van der Waals surface area contributed by atoms with Crippen LogP contribution in [0.3, 0.4) is 0 Å². The average Bonchev–Trinajstić information content (AvgIpc) is 2.57. The molecule has 0 unspecified atom stereocenters. The van der Waals surface area contributed by atoms with Gasteiger partial charge >= 0.3 is 5.97 Å². The number of benzene rings is 1. The Hall–Kier alpha value is -2.28. The first-order valence-electron chi connectivity index (χ1n) is 9.57. The lowest BCUT2D eigenvalue weighted by molar-refractivity contribution is -0.158. The number of rotatable bonds is 11. The van der Waals surface area contributed by atoms with Crippen LogP contribution in [0, 0.1) is 5.92 Å². The molecule has 1 aromatic rings. The number of nitrogens with one attached hydrogen (secondary N) is 1. The van der Waals surface area contributed by atoms with Crippen molar-refractivity contribution in [3.8, 4) is 11.5 Å². The molecule has 0 aliphatic rings. The van der Waals surface area contributed by atoms with Crippen molar-refractivity contribution in [1.82, 2.24) is 5.32 Å². The van der Waals surface area contributed by atoms with Gasteiger partial charge in [0.15, 0.2) is 0 Å². The number of methoxy groups -OCH3 is 1. The third-order valence-corrected chi connectivity index (χ3v) is 3.93. The van der Waals surface area contributed by atoms with E-state index in [1.807, 2.05) is 46.8 Å². The molecule has 0 aliphatic carbocycles. The summed E-state index contributed by atoms with van der Waals surface area (Å²) in [5.41, 5.74) is 5.49. The van der Waals surface area contributed by atoms with Crippen LogP contribution < -0.4 is 20.5 Å². The second-order valence-corrected chi connectivity index (χ2v) is 8.03. The topological polar surface area (TPSA) is 99.9 Å². The van der Waals surface area contributed by atoms with Crippen LogP contribution >= 0.6 is 0 Å². The van der Waals surface area contributed by atoms with E-state index in [1.165, 1.54) is 0 Å². The zero-order valence-electron chi connectivity index (χ0n) is 17.8. The Morgan fingerprint density at radius 3 is 2.43 bits per heavy atom. The Morgan fingerprint density at radius 1 is 1.21 bits per heavy atom. The number of hydrogen-bond acceptors (Lipinski definition) is 6. The first-order valence-corrected chi connectivity index (χ1v) is 9.57. The molecule has 1 aromatic carbocycles. The molecule has 0 saturated carbocycles. The first-order chi connectivity index (χ1) is 13.0. The van der Waals surface area contributed by atoms with E-state index in [4.69, 9.17) is 19.9 Å². The number of ether oxygens (including phenoxy) is 3. The van der Waals surface area contributed by atoms with Gasteiger partial charge in [0.25, 0.3) is 0 Å². The lowest BCUT2D eigenvalue weighted by atomic mass is 10.0. The number of hydrogen-bond donors (Lipinski definition) is 2. The molecule has 7 heteroatoms. The summed E-state index contributed by atoms with van der Waals surface area (Å²) in [5.74, 6) is 0.779. The van der Waals surface area contributed by atoms with Gasteiger partial charge in [-0.3, -0.25) is 14.9 Å². The fourth-order valence-corrected chi connectivity index (χ4v) is 2.57. The SMILES string of the molecule is COc1cc(OCCCC(N)=O)ccc1CN[C@H](C(=O)OC(C)(C)C)C(C)C. The third kappa shape index (κ3) is 8.61. The zero-order chi connectivity index (χ0) is 21.3. The van der Waals surface area contributed by atoms with Gasteiger partial charge in [-0.15, -0.1) is 0 Å². The van der Waals surface area contributed by atoms with Crippen molar-refractivity contribution in [2.75, 3.05) is 13.7 Å². The van der Waals surface area contributed by atoms with E-state index in [0.29, 0.717) is 37.5 Å². The van der Waals surface area contributed by atoms with Gasteiger partial charge in [0.1, 0.15) is 23.1 Å². The van der Waals surface area contributed by atoms with E-state index in [2.05, 4.69) is 5.32 Å². The third-order valence-electron chi connectivity index (χ3n) is 3.93. The van der Waals surface area contributed by atoms with Gasteiger partial charge in [-0.1, -0.05) is 19.9 Å². The summed E-state index contributed by atoms with van der Waals surface area (Å²) in [4.78, 5) is 23.2. The minimum Gasteiger partial charge on any atom is -0.496 e. The smallest absolute Gasteiger partial charge is 0.323 e. The van der Waals surface area contributed by atoms with E-state index in [0.717, 1.165) is 5.56 Å². The Balaban J connectivity index is 2.73. The van der Waals surface area contributed by atoms with Crippen molar-refractivity contribution < 1.29 is 23.8 Å². The minimum atomic E-state index is -0.531. The van der Waals surface area contributed by atoms with Crippen molar-refractivity contribution >= 4 is 11.9 Å². The molecule has 0 aromatic heterocycles. The number of primary amides is 1. The standard InChI is InChI=1S/C21H34N2O5/c1-14(2)19(20(25)28-21(3,4)5)23-13-15-9-10-16(12-17(15)26-6)27-11-7-8-18(22)24/h9-10,12,14,19,23H,7-8,11,13H2,1-6H3,(H2,22,24)/t19-/m0/s1. The molecular weight excluding hydrogens is 360 g/mol. The molecule has 3 N–H and O–H groups in total. The van der Waals surface area contributed by atoms with Crippen LogP contribution in [0.1, 0.15) is 53.0 Å². The van der Waals surface area contributed by atoms with Crippen LogP contribution in [0.15, 0.2) is 18.2 Å². The molecule has 7 nitrogen and oxygen atoms in total. The van der Waals surface area contributed by atoms with Crippen molar-refractivity contribution in [3.05, 3.63) is 23.8 Å². The molecule has 158 valence electrons. The van der Waals surface area contributed by atoms with Crippen LogP contribution in [-0.4, -0.2) is 37.2 Å². The quantitative estimate of drug-likeness (QED) is 0.442. The lowest BCUT2D eigenvalue weighted by Gasteiger charge is -2.27. The molecular formula is C21H34N2O5. The largest absolute Gasteiger partial charge is 0.496 e. The second kappa shape index (κ2) is 10.9. The fourth-order valence-electron chi connectivity index (χ4n) is 2.57. The highest BCUT2D eigenvalue weighted by Gasteiger charge is 2.27. The summed E-state index contributed by atoms with van der Waals surface area (Å²) in [6.07, 6.45) is 0.854. The molecule has 1 rings (SSSR count). The number of carbonyl (C=O) groups excluding carboxylic acids is 2. The van der Waals surface area contributed by atoms with Gasteiger partial charge in [-0.05, 0) is 39.2 Å². The molecule has 1 atom stereocenters. The van der Waals surface area contributed by atoms with Crippen molar-refractivity contribution in [2.24, 2.45) is 11.7 Å². The molecule has 0 fully saturated rings. The lowest BCUT2D eigenvalue weighted by Crippen LogP contribution is -2.44. The van der Waals surface area contributed by atoms with E-state index in [9.17, 15) is 9.59 Å². The van der Waals surface area contributed by atoms with Gasteiger partial charge in [0, 0.05) is 24.6 Å². The second-order valence-electron chi connectivity index (χ2n) is 8.03. The predicted octanol–water partition coefficient (Wildman–Crippen LogP) is 2.80. The van der Waals surface area contributed by atoms with Crippen molar-refractivity contribution in [2.45, 2.75) is 65.6 Å². The van der Waals surface area contributed by atoms with E-state index in [-0.39, 0.29) is 17.8 Å². The average molecular weight is 395 g/mol. The minimum absolute atomic E-state index is 0.0775. The Bertz CT molecular complexity index is 653. The van der Waals surface area contributed by atoms with Crippen molar-refractivity contribution in [1.29, 1.82) is 0 Å². The Morgan fingerprint density at radius 2 is 1.89 bits per heavy atom. The van der Waals surface area contributed by atoms with Crippen LogP contribution in [0.4, 0.5) is 0 Å². The van der Waals surface area contributed by atoms with Gasteiger partial charge < -0.3 is 19.9 Å². The van der Waals surface area contributed by atoms with Gasteiger partial charge in [-0.2, -0.15) is 0 Å². The highest BCUT2D eigenvalue weighted by Crippen LogP contribution is 2.25. The monoisotopic (exact) mass is 394 g/mol. The molecule has 28 heavy (non-hydrogen) atoms. The first kappa shape index (κ1) is 23.8. The highest BCUT2D eigenvalue weighted by atomic mass is 16.6. The Kier molecular flexibility index (Phi) is 9.25.